The molecule has 2 heterocycles. The molecule has 1 saturated heterocycles. The maximum atomic E-state index is 3.66. The predicted molar refractivity (Wildman–Crippen MR) is 92.1 cm³/mol. The second kappa shape index (κ2) is 6.88. The summed E-state index contributed by atoms with van der Waals surface area (Å²) in [5, 5.41) is 7.19. The Labute approximate surface area is 131 Å². The largest absolute Gasteiger partial charge is 0.309 e. The zero-order valence-electron chi connectivity index (χ0n) is 13.0. The molecule has 0 amide bonds. The molecule has 21 heavy (non-hydrogen) atoms. The number of piperazine rings is 1. The van der Waals surface area contributed by atoms with E-state index in [9.17, 15) is 0 Å². The van der Waals surface area contributed by atoms with Crippen LogP contribution in [-0.4, -0.2) is 55.6 Å². The van der Waals surface area contributed by atoms with Crippen molar-refractivity contribution in [2.24, 2.45) is 0 Å². The van der Waals surface area contributed by atoms with Gasteiger partial charge in [0.1, 0.15) is 0 Å². The summed E-state index contributed by atoms with van der Waals surface area (Å²) in [6.07, 6.45) is 0. The van der Waals surface area contributed by atoms with Gasteiger partial charge in [-0.3, -0.25) is 4.90 Å². The molecule has 1 N–H and O–H groups in total. The molecule has 1 fully saturated rings. The van der Waals surface area contributed by atoms with E-state index in [2.05, 4.69) is 58.7 Å². The lowest BCUT2D eigenvalue weighted by molar-refractivity contribution is 0.144. The molecule has 1 aliphatic heterocycles. The molecule has 0 saturated carbocycles. The van der Waals surface area contributed by atoms with E-state index in [1.807, 2.05) is 11.3 Å². The molecule has 0 spiro atoms. The summed E-state index contributed by atoms with van der Waals surface area (Å²) in [4.78, 5) is 4.98. The minimum atomic E-state index is 0.534. The van der Waals surface area contributed by atoms with Crippen LogP contribution < -0.4 is 5.32 Å². The highest BCUT2D eigenvalue weighted by atomic mass is 32.1. The van der Waals surface area contributed by atoms with Crippen molar-refractivity contribution in [2.75, 3.05) is 39.8 Å². The first-order valence-corrected chi connectivity index (χ1v) is 8.69. The third-order valence-corrected chi connectivity index (χ3v) is 5.20. The second-order valence-corrected chi connectivity index (χ2v) is 7.13. The van der Waals surface area contributed by atoms with Crippen molar-refractivity contribution >= 4 is 21.4 Å². The molecule has 2 aromatic rings. The molecule has 0 radical (unpaired) electrons. The van der Waals surface area contributed by atoms with Gasteiger partial charge in [0.15, 0.2) is 0 Å². The normalized spacial score (nSPS) is 19.1. The van der Waals surface area contributed by atoms with Crippen LogP contribution in [0.15, 0.2) is 29.6 Å². The van der Waals surface area contributed by atoms with Gasteiger partial charge >= 0.3 is 0 Å². The third-order valence-electron chi connectivity index (χ3n) is 4.30. The smallest absolute Gasteiger partial charge is 0.0342 e. The maximum Gasteiger partial charge on any atom is 0.0342 e. The number of benzene rings is 1. The highest BCUT2D eigenvalue weighted by molar-refractivity contribution is 7.17. The van der Waals surface area contributed by atoms with Crippen LogP contribution in [0.2, 0.25) is 0 Å². The van der Waals surface area contributed by atoms with Crippen LogP contribution in [-0.2, 0) is 6.54 Å². The van der Waals surface area contributed by atoms with Gasteiger partial charge in [-0.1, -0.05) is 6.07 Å². The molecule has 3 nitrogen and oxygen atoms in total. The summed E-state index contributed by atoms with van der Waals surface area (Å²) in [7, 11) is 2.21. The van der Waals surface area contributed by atoms with E-state index in [1.165, 1.54) is 41.8 Å². The van der Waals surface area contributed by atoms with Crippen LogP contribution in [0.4, 0.5) is 0 Å². The van der Waals surface area contributed by atoms with Crippen molar-refractivity contribution in [3.8, 4) is 0 Å². The molecule has 0 aliphatic carbocycles. The predicted octanol–water partition coefficient (Wildman–Crippen LogP) is 2.63. The van der Waals surface area contributed by atoms with Crippen molar-refractivity contribution < 1.29 is 0 Å². The summed E-state index contributed by atoms with van der Waals surface area (Å²) in [5.41, 5.74) is 1.38. The van der Waals surface area contributed by atoms with E-state index in [1.54, 1.807) is 0 Å². The average molecular weight is 303 g/mol. The fraction of sp³-hybridized carbons (Fsp3) is 0.529. The Kier molecular flexibility index (Phi) is 4.91. The summed E-state index contributed by atoms with van der Waals surface area (Å²) >= 11 is 1.81. The quantitative estimate of drug-likeness (QED) is 0.916. The van der Waals surface area contributed by atoms with Crippen LogP contribution in [0, 0.1) is 0 Å². The highest BCUT2D eigenvalue weighted by Crippen LogP contribution is 2.21. The highest BCUT2D eigenvalue weighted by Gasteiger charge is 2.15. The lowest BCUT2D eigenvalue weighted by Gasteiger charge is -2.34. The van der Waals surface area contributed by atoms with Crippen LogP contribution in [0.5, 0.6) is 0 Å². The first kappa shape index (κ1) is 15.0. The van der Waals surface area contributed by atoms with Crippen LogP contribution in [0.25, 0.3) is 10.1 Å². The molecule has 1 aliphatic rings. The Morgan fingerprint density at radius 3 is 2.81 bits per heavy atom. The third kappa shape index (κ3) is 4.04. The molecular formula is C17H25N3S. The number of nitrogens with zero attached hydrogens (tertiary/aromatic N) is 2. The fourth-order valence-electron chi connectivity index (χ4n) is 2.90. The summed E-state index contributed by atoms with van der Waals surface area (Å²) < 4.78 is 1.38. The average Bonchev–Trinajstić information content (AvgIpc) is 2.95. The Morgan fingerprint density at radius 1 is 1.19 bits per heavy atom. The minimum Gasteiger partial charge on any atom is -0.309 e. The zero-order chi connectivity index (χ0) is 14.7. The first-order chi connectivity index (χ1) is 10.2. The van der Waals surface area contributed by atoms with Gasteiger partial charge in [0.05, 0.1) is 0 Å². The molecule has 4 heteroatoms. The van der Waals surface area contributed by atoms with Gasteiger partial charge < -0.3 is 10.2 Å². The van der Waals surface area contributed by atoms with Gasteiger partial charge in [-0.2, -0.15) is 0 Å². The maximum absolute atomic E-state index is 3.66. The number of thiophene rings is 1. The van der Waals surface area contributed by atoms with Crippen LogP contribution >= 0.6 is 11.3 Å². The van der Waals surface area contributed by atoms with Crippen molar-refractivity contribution in [3.63, 3.8) is 0 Å². The molecule has 114 valence electrons. The molecule has 1 atom stereocenters. The van der Waals surface area contributed by atoms with Crippen LogP contribution in [0.3, 0.4) is 0 Å². The Hall–Kier alpha value is -0.940. The Morgan fingerprint density at radius 2 is 2.00 bits per heavy atom. The lowest BCUT2D eigenvalue weighted by Crippen LogP contribution is -2.48. The standard InChI is InChI=1S/C17H25N3S/c1-14(13-20-8-6-19(2)7-9-20)18-12-15-3-4-17-16(11-15)5-10-21-17/h3-5,10-11,14,18H,6-9,12-13H2,1-2H3/t14-/m1/s1. The Bertz CT molecular complexity index is 572. The van der Waals surface area contributed by atoms with Gasteiger partial charge in [0.2, 0.25) is 0 Å². The molecular weight excluding hydrogens is 278 g/mol. The molecule has 3 rings (SSSR count). The van der Waals surface area contributed by atoms with Crippen molar-refractivity contribution in [3.05, 3.63) is 35.2 Å². The van der Waals surface area contributed by atoms with Gasteiger partial charge in [-0.05, 0) is 48.5 Å². The van der Waals surface area contributed by atoms with Crippen LogP contribution in [0.1, 0.15) is 12.5 Å². The Balaban J connectivity index is 1.47. The van der Waals surface area contributed by atoms with Gasteiger partial charge in [0, 0.05) is 50.0 Å². The van der Waals surface area contributed by atoms with Gasteiger partial charge in [0.25, 0.3) is 0 Å². The molecule has 1 aromatic heterocycles. The van der Waals surface area contributed by atoms with Gasteiger partial charge in [-0.15, -0.1) is 11.3 Å². The SMILES string of the molecule is C[C@H](CN1CCN(C)CC1)NCc1ccc2sccc2c1. The fourth-order valence-corrected chi connectivity index (χ4v) is 3.67. The van der Waals surface area contributed by atoms with Crippen molar-refractivity contribution in [1.29, 1.82) is 0 Å². The number of nitrogens with one attached hydrogen (secondary N) is 1. The lowest BCUT2D eigenvalue weighted by atomic mass is 10.1. The molecule has 0 bridgehead atoms. The summed E-state index contributed by atoms with van der Waals surface area (Å²) in [6.45, 7) is 9.19. The monoisotopic (exact) mass is 303 g/mol. The first-order valence-electron chi connectivity index (χ1n) is 7.81. The topological polar surface area (TPSA) is 18.5 Å². The summed E-state index contributed by atoms with van der Waals surface area (Å²) in [5.74, 6) is 0. The minimum absolute atomic E-state index is 0.534. The number of fused-ring (bicyclic) bond motifs is 1. The van der Waals surface area contributed by atoms with Crippen molar-refractivity contribution in [1.82, 2.24) is 15.1 Å². The van der Waals surface area contributed by atoms with E-state index < -0.39 is 0 Å². The number of hydrogen-bond donors (Lipinski definition) is 1. The molecule has 0 unspecified atom stereocenters. The second-order valence-electron chi connectivity index (χ2n) is 6.18. The zero-order valence-corrected chi connectivity index (χ0v) is 13.8. The summed E-state index contributed by atoms with van der Waals surface area (Å²) in [6, 6.07) is 9.53. The number of likely N-dealkylation sites (N-methyl/N-ethyl adjacent to an activating group) is 1. The number of rotatable bonds is 5. The van der Waals surface area contributed by atoms with E-state index in [0.717, 1.165) is 13.1 Å². The van der Waals surface area contributed by atoms with E-state index in [4.69, 9.17) is 0 Å². The van der Waals surface area contributed by atoms with Crippen molar-refractivity contribution in [2.45, 2.75) is 19.5 Å². The van der Waals surface area contributed by atoms with E-state index in [0.29, 0.717) is 6.04 Å². The van der Waals surface area contributed by atoms with Gasteiger partial charge in [-0.25, -0.2) is 0 Å². The van der Waals surface area contributed by atoms with E-state index in [-0.39, 0.29) is 0 Å². The number of hydrogen-bond acceptors (Lipinski definition) is 4. The molecule has 1 aromatic carbocycles. The van der Waals surface area contributed by atoms with E-state index >= 15 is 0 Å².